The van der Waals surface area contributed by atoms with E-state index in [1.807, 2.05) is 13.0 Å². The number of nitrogens with two attached hydrogens (primary N) is 1. The van der Waals surface area contributed by atoms with E-state index in [9.17, 15) is 23.1 Å². The van der Waals surface area contributed by atoms with Crippen LogP contribution in [0.4, 0.5) is 24.5 Å². The summed E-state index contributed by atoms with van der Waals surface area (Å²) in [5.74, 6) is -0.300. The van der Waals surface area contributed by atoms with Crippen LogP contribution in [0.3, 0.4) is 0 Å². The number of carbonyl (C=O) groups is 1. The number of rotatable bonds is 9. The van der Waals surface area contributed by atoms with E-state index in [4.69, 9.17) is 15.7 Å². The molecule has 4 N–H and O–H groups in total. The number of carbonyl (C=O) groups excluding carboxylic acids is 1. The number of ether oxygens (including phenoxy) is 1. The molecule has 0 aromatic heterocycles. The smallest absolute Gasteiger partial charge is 0.430 e. The molecule has 3 aromatic carbocycles. The quantitative estimate of drug-likeness (QED) is 0.319. The summed E-state index contributed by atoms with van der Waals surface area (Å²) in [5.41, 5.74) is 4.55. The minimum atomic E-state index is -4.88. The number of nitriles is 1. The second-order valence-corrected chi connectivity index (χ2v) is 8.16. The van der Waals surface area contributed by atoms with Gasteiger partial charge in [-0.1, -0.05) is 37.3 Å². The van der Waals surface area contributed by atoms with Crippen molar-refractivity contribution in [1.82, 2.24) is 0 Å². The predicted molar refractivity (Wildman–Crippen MR) is 138 cm³/mol. The third-order valence-corrected chi connectivity index (χ3v) is 5.21. The van der Waals surface area contributed by atoms with Crippen molar-refractivity contribution in [2.75, 3.05) is 11.9 Å². The van der Waals surface area contributed by atoms with Crippen LogP contribution in [0.25, 0.3) is 0 Å². The van der Waals surface area contributed by atoms with Gasteiger partial charge in [-0.2, -0.15) is 18.4 Å². The van der Waals surface area contributed by atoms with Crippen LogP contribution in [0, 0.1) is 11.3 Å². The fraction of sp³-hybridized carbons (Fsp3) is 0.179. The number of aliphatic imine (C=N–C) groups is 1. The molecule has 3 aromatic rings. The third kappa shape index (κ3) is 7.69. The zero-order valence-corrected chi connectivity index (χ0v) is 20.4. The monoisotopic (exact) mass is 522 g/mol. The van der Waals surface area contributed by atoms with Crippen LogP contribution in [0.5, 0.6) is 5.75 Å². The first-order valence-electron chi connectivity index (χ1n) is 11.6. The number of nitrogens with one attached hydrogen (secondary N) is 1. The average molecular weight is 523 g/mol. The molecule has 0 aliphatic rings. The summed E-state index contributed by atoms with van der Waals surface area (Å²) in [7, 11) is 0. The first-order chi connectivity index (χ1) is 18.1. The van der Waals surface area contributed by atoms with E-state index in [2.05, 4.69) is 10.3 Å². The van der Waals surface area contributed by atoms with Crippen LogP contribution in [-0.4, -0.2) is 29.5 Å². The molecule has 0 fully saturated rings. The second kappa shape index (κ2) is 12.6. The van der Waals surface area contributed by atoms with Crippen molar-refractivity contribution in [3.8, 4) is 11.8 Å². The molecule has 0 saturated carbocycles. The predicted octanol–water partition coefficient (Wildman–Crippen LogP) is 5.54. The summed E-state index contributed by atoms with van der Waals surface area (Å²) in [6, 6.07) is 20.8. The SMILES string of the molecule is CCCOc1ccc(C(O)c2cccc(NC(=O)C(C=C(N)C(F)(F)F)=Nc3cccc(C#N)c3)c2)cc1. The largest absolute Gasteiger partial charge is 0.494 e. The summed E-state index contributed by atoms with van der Waals surface area (Å²) in [6.07, 6.45) is -4.62. The molecule has 0 bridgehead atoms. The summed E-state index contributed by atoms with van der Waals surface area (Å²) in [4.78, 5) is 16.9. The van der Waals surface area contributed by atoms with Gasteiger partial charge >= 0.3 is 6.18 Å². The third-order valence-electron chi connectivity index (χ3n) is 5.21. The number of amides is 1. The lowest BCUT2D eigenvalue weighted by Crippen LogP contribution is -2.26. The van der Waals surface area contributed by atoms with Crippen molar-refractivity contribution in [3.63, 3.8) is 0 Å². The molecule has 0 aliphatic heterocycles. The number of aliphatic hydroxyl groups excluding tert-OH is 1. The van der Waals surface area contributed by atoms with Crippen LogP contribution in [0.15, 0.2) is 89.6 Å². The van der Waals surface area contributed by atoms with Crippen molar-refractivity contribution in [2.24, 2.45) is 10.7 Å². The Hall–Kier alpha value is -4.62. The lowest BCUT2D eigenvalue weighted by Gasteiger charge is -2.14. The lowest BCUT2D eigenvalue weighted by molar-refractivity contribution is -0.110. The van der Waals surface area contributed by atoms with Gasteiger partial charge in [-0.15, -0.1) is 0 Å². The second-order valence-electron chi connectivity index (χ2n) is 8.16. The highest BCUT2D eigenvalue weighted by atomic mass is 19.4. The van der Waals surface area contributed by atoms with Gasteiger partial charge in [-0.25, -0.2) is 4.99 Å². The molecular formula is C28H25F3N4O3. The number of halogens is 3. The molecule has 0 aliphatic carbocycles. The molecular weight excluding hydrogens is 497 g/mol. The first kappa shape index (κ1) is 28.0. The number of anilines is 1. The van der Waals surface area contributed by atoms with E-state index >= 15 is 0 Å². The number of benzene rings is 3. The van der Waals surface area contributed by atoms with E-state index in [1.165, 1.54) is 36.4 Å². The van der Waals surface area contributed by atoms with Gasteiger partial charge in [0.25, 0.3) is 5.91 Å². The highest BCUT2D eigenvalue weighted by Gasteiger charge is 2.32. The normalized spacial score (nSPS) is 12.9. The van der Waals surface area contributed by atoms with Crippen molar-refractivity contribution in [2.45, 2.75) is 25.6 Å². The summed E-state index contributed by atoms with van der Waals surface area (Å²) in [6.45, 7) is 2.56. The van der Waals surface area contributed by atoms with Crippen LogP contribution < -0.4 is 15.8 Å². The van der Waals surface area contributed by atoms with Gasteiger partial charge in [-0.3, -0.25) is 4.79 Å². The summed E-state index contributed by atoms with van der Waals surface area (Å²) >= 11 is 0. The van der Waals surface area contributed by atoms with Crippen LogP contribution in [0.2, 0.25) is 0 Å². The fourth-order valence-corrected chi connectivity index (χ4v) is 3.30. The Bertz CT molecular complexity index is 1380. The maximum Gasteiger partial charge on any atom is 0.430 e. The molecule has 1 unspecified atom stereocenters. The van der Waals surface area contributed by atoms with Gasteiger partial charge in [0.1, 0.15) is 23.3 Å². The molecule has 3 rings (SSSR count). The summed E-state index contributed by atoms with van der Waals surface area (Å²) < 4.78 is 44.8. The van der Waals surface area contributed by atoms with E-state index < -0.39 is 29.6 Å². The number of allylic oxidation sites excluding steroid dienone is 1. The zero-order valence-electron chi connectivity index (χ0n) is 20.4. The minimum Gasteiger partial charge on any atom is -0.494 e. The van der Waals surface area contributed by atoms with Gasteiger partial charge in [-0.05, 0) is 66.1 Å². The van der Waals surface area contributed by atoms with Gasteiger partial charge in [0.05, 0.1) is 23.9 Å². The molecule has 0 saturated heterocycles. The fourth-order valence-electron chi connectivity index (χ4n) is 3.30. The Morgan fingerprint density at radius 3 is 2.50 bits per heavy atom. The standard InChI is InChI=1S/C28H25F3N4O3/c1-2-13-38-23-11-9-19(10-12-23)26(36)20-6-4-8-22(15-20)35-27(37)24(16-25(33)28(29,30)31)34-21-7-3-5-18(14-21)17-32/h3-12,14-16,26,36H,2,13,33H2,1H3,(H,35,37). The van der Waals surface area contributed by atoms with Crippen molar-refractivity contribution in [3.05, 3.63) is 101 Å². The number of nitrogens with zero attached hydrogens (tertiary/aromatic N) is 2. The highest BCUT2D eigenvalue weighted by molar-refractivity contribution is 6.47. The number of hydrogen-bond donors (Lipinski definition) is 3. The van der Waals surface area contributed by atoms with E-state index in [-0.39, 0.29) is 16.9 Å². The van der Waals surface area contributed by atoms with Crippen LogP contribution in [-0.2, 0) is 4.79 Å². The highest BCUT2D eigenvalue weighted by Crippen LogP contribution is 2.27. The molecule has 0 radical (unpaired) electrons. The molecule has 0 heterocycles. The Labute approximate surface area is 217 Å². The Morgan fingerprint density at radius 2 is 1.84 bits per heavy atom. The first-order valence-corrected chi connectivity index (χ1v) is 11.6. The van der Waals surface area contributed by atoms with Crippen molar-refractivity contribution in [1.29, 1.82) is 5.26 Å². The minimum absolute atomic E-state index is 0.0935. The Balaban J connectivity index is 1.86. The molecule has 10 heteroatoms. The van der Waals surface area contributed by atoms with Crippen molar-refractivity contribution >= 4 is 23.0 Å². The average Bonchev–Trinajstić information content (AvgIpc) is 2.91. The van der Waals surface area contributed by atoms with E-state index in [1.54, 1.807) is 36.4 Å². The molecule has 0 spiro atoms. The Kier molecular flexibility index (Phi) is 9.24. The molecule has 1 amide bonds. The van der Waals surface area contributed by atoms with Gasteiger partial charge < -0.3 is 20.9 Å². The molecule has 38 heavy (non-hydrogen) atoms. The lowest BCUT2D eigenvalue weighted by atomic mass is 10.0. The Morgan fingerprint density at radius 1 is 1.13 bits per heavy atom. The molecule has 196 valence electrons. The van der Waals surface area contributed by atoms with Crippen molar-refractivity contribution < 1.29 is 27.8 Å². The zero-order chi connectivity index (χ0) is 27.7. The van der Waals surface area contributed by atoms with Gasteiger partial charge in [0.2, 0.25) is 0 Å². The maximum absolute atomic E-state index is 13.1. The number of aliphatic hydroxyl groups is 1. The molecule has 1 atom stereocenters. The van der Waals surface area contributed by atoms with Gasteiger partial charge in [0, 0.05) is 5.69 Å². The van der Waals surface area contributed by atoms with E-state index in [0.717, 1.165) is 6.42 Å². The van der Waals surface area contributed by atoms with E-state index in [0.29, 0.717) is 29.6 Å². The van der Waals surface area contributed by atoms with Crippen LogP contribution in [0.1, 0.15) is 36.1 Å². The number of alkyl halides is 3. The molecule has 7 nitrogen and oxygen atoms in total. The summed E-state index contributed by atoms with van der Waals surface area (Å²) in [5, 5.41) is 22.4. The number of hydrogen-bond acceptors (Lipinski definition) is 6. The maximum atomic E-state index is 13.1. The van der Waals surface area contributed by atoms with Crippen LogP contribution >= 0.6 is 0 Å². The topological polar surface area (TPSA) is 121 Å². The van der Waals surface area contributed by atoms with Gasteiger partial charge in [0.15, 0.2) is 0 Å².